The van der Waals surface area contributed by atoms with Crippen molar-refractivity contribution in [1.29, 1.82) is 0 Å². The van der Waals surface area contributed by atoms with Gasteiger partial charge in [-0.25, -0.2) is 0 Å². The minimum absolute atomic E-state index is 0.490. The van der Waals surface area contributed by atoms with Gasteiger partial charge in [-0.2, -0.15) is 0 Å². The molecule has 158 valence electrons. The van der Waals surface area contributed by atoms with Crippen LogP contribution in [0.3, 0.4) is 0 Å². The van der Waals surface area contributed by atoms with Crippen molar-refractivity contribution < 1.29 is 14.2 Å². The lowest BCUT2D eigenvalue weighted by Gasteiger charge is -2.16. The molecule has 3 aromatic rings. The van der Waals surface area contributed by atoms with E-state index in [2.05, 4.69) is 64.6 Å². The number of benzene rings is 3. The van der Waals surface area contributed by atoms with E-state index in [1.807, 2.05) is 31.2 Å². The van der Waals surface area contributed by atoms with Gasteiger partial charge >= 0.3 is 0 Å². The molecule has 0 aromatic heterocycles. The van der Waals surface area contributed by atoms with Gasteiger partial charge in [-0.3, -0.25) is 0 Å². The van der Waals surface area contributed by atoms with Crippen molar-refractivity contribution in [2.45, 2.75) is 33.5 Å². The number of para-hydroxylation sites is 1. The Morgan fingerprint density at radius 2 is 1.63 bits per heavy atom. The Labute approximate surface area is 187 Å². The average molecular weight is 470 g/mol. The third-order valence-corrected chi connectivity index (χ3v) is 5.30. The summed E-state index contributed by atoms with van der Waals surface area (Å²) in [6, 6.07) is 20.5. The summed E-state index contributed by atoms with van der Waals surface area (Å²) in [5, 5.41) is 3.47. The molecule has 3 aromatic carbocycles. The number of hydrogen-bond acceptors (Lipinski definition) is 4. The first-order valence-corrected chi connectivity index (χ1v) is 10.9. The number of halogens is 1. The number of rotatable bonds is 10. The van der Waals surface area contributed by atoms with E-state index in [0.29, 0.717) is 19.8 Å². The van der Waals surface area contributed by atoms with Crippen LogP contribution in [0.1, 0.15) is 29.2 Å². The lowest BCUT2D eigenvalue weighted by Crippen LogP contribution is -2.13. The monoisotopic (exact) mass is 469 g/mol. The third kappa shape index (κ3) is 6.00. The van der Waals surface area contributed by atoms with Gasteiger partial charge in [-0.15, -0.1) is 0 Å². The molecule has 5 heteroatoms. The van der Waals surface area contributed by atoms with E-state index < -0.39 is 0 Å². The molecule has 0 aliphatic carbocycles. The molecule has 0 heterocycles. The van der Waals surface area contributed by atoms with Gasteiger partial charge in [0.2, 0.25) is 0 Å². The summed E-state index contributed by atoms with van der Waals surface area (Å²) in [7, 11) is 1.69. The summed E-state index contributed by atoms with van der Waals surface area (Å²) in [6.07, 6.45) is 0. The summed E-state index contributed by atoms with van der Waals surface area (Å²) in [4.78, 5) is 0. The van der Waals surface area contributed by atoms with Crippen LogP contribution < -0.4 is 19.5 Å². The Hall–Kier alpha value is -2.50. The maximum absolute atomic E-state index is 6.10. The summed E-state index contributed by atoms with van der Waals surface area (Å²) in [6.45, 7) is 6.54. The first-order valence-electron chi connectivity index (χ1n) is 10.1. The van der Waals surface area contributed by atoms with Gasteiger partial charge in [-0.05, 0) is 59.1 Å². The molecule has 0 atom stereocenters. The van der Waals surface area contributed by atoms with E-state index in [-0.39, 0.29) is 0 Å². The lowest BCUT2D eigenvalue weighted by molar-refractivity contribution is 0.267. The predicted octanol–water partition coefficient (Wildman–Crippen LogP) is 6.03. The highest BCUT2D eigenvalue weighted by Crippen LogP contribution is 2.37. The van der Waals surface area contributed by atoms with Crippen LogP contribution in [0.4, 0.5) is 0 Å². The normalized spacial score (nSPS) is 10.7. The number of ether oxygens (including phenoxy) is 3. The molecular weight excluding hydrogens is 442 g/mol. The van der Waals surface area contributed by atoms with E-state index >= 15 is 0 Å². The van der Waals surface area contributed by atoms with Crippen LogP contribution in [0, 0.1) is 6.92 Å². The molecule has 0 radical (unpaired) electrons. The van der Waals surface area contributed by atoms with Crippen molar-refractivity contribution in [2.24, 2.45) is 0 Å². The average Bonchev–Trinajstić information content (AvgIpc) is 2.75. The van der Waals surface area contributed by atoms with Gasteiger partial charge < -0.3 is 19.5 Å². The van der Waals surface area contributed by atoms with Crippen molar-refractivity contribution >= 4 is 15.9 Å². The van der Waals surface area contributed by atoms with Gasteiger partial charge in [-0.1, -0.05) is 48.0 Å². The fourth-order valence-corrected chi connectivity index (χ4v) is 3.76. The zero-order valence-corrected chi connectivity index (χ0v) is 19.3. The largest absolute Gasteiger partial charge is 0.496 e. The molecule has 0 aliphatic heterocycles. The highest BCUT2D eigenvalue weighted by atomic mass is 79.9. The quantitative estimate of drug-likeness (QED) is 0.393. The van der Waals surface area contributed by atoms with E-state index in [9.17, 15) is 0 Å². The molecule has 0 saturated carbocycles. The molecule has 0 aliphatic rings. The zero-order chi connectivity index (χ0) is 21.3. The summed E-state index contributed by atoms with van der Waals surface area (Å²) < 4.78 is 18.3. The van der Waals surface area contributed by atoms with Gasteiger partial charge in [0, 0.05) is 18.7 Å². The first kappa shape index (κ1) is 22.2. The first-order chi connectivity index (χ1) is 14.6. The Morgan fingerprint density at radius 1 is 0.867 bits per heavy atom. The standard InChI is InChI=1S/C25H28BrNO3/c1-4-29-24-14-20(15-27-16-21-7-5-6-8-23(21)28-3)13-22(26)25(24)30-17-19-11-9-18(2)10-12-19/h5-14,27H,4,15-17H2,1-3H3. The van der Waals surface area contributed by atoms with Crippen molar-refractivity contribution in [1.82, 2.24) is 5.32 Å². The van der Waals surface area contributed by atoms with Crippen LogP contribution >= 0.6 is 15.9 Å². The van der Waals surface area contributed by atoms with Crippen LogP contribution in [-0.2, 0) is 19.7 Å². The maximum Gasteiger partial charge on any atom is 0.175 e. The number of methoxy groups -OCH3 is 1. The molecule has 4 nitrogen and oxygen atoms in total. The summed E-state index contributed by atoms with van der Waals surface area (Å²) in [5.74, 6) is 2.36. The number of hydrogen-bond donors (Lipinski definition) is 1. The van der Waals surface area contributed by atoms with Crippen molar-refractivity contribution in [3.8, 4) is 17.2 Å². The Bertz CT molecular complexity index is 957. The molecule has 1 N–H and O–H groups in total. The Morgan fingerprint density at radius 3 is 2.37 bits per heavy atom. The molecule has 0 fully saturated rings. The second kappa shape index (κ2) is 11.0. The second-order valence-electron chi connectivity index (χ2n) is 7.03. The lowest BCUT2D eigenvalue weighted by atomic mass is 10.1. The molecule has 0 spiro atoms. The van der Waals surface area contributed by atoms with E-state index in [0.717, 1.165) is 45.0 Å². The van der Waals surface area contributed by atoms with Crippen LogP contribution in [0.2, 0.25) is 0 Å². The molecule has 3 rings (SSSR count). The van der Waals surface area contributed by atoms with Gasteiger partial charge in [0.05, 0.1) is 18.2 Å². The van der Waals surface area contributed by atoms with E-state index in [4.69, 9.17) is 14.2 Å². The van der Waals surface area contributed by atoms with Crippen LogP contribution in [0.25, 0.3) is 0 Å². The van der Waals surface area contributed by atoms with Crippen molar-refractivity contribution in [3.63, 3.8) is 0 Å². The number of aryl methyl sites for hydroxylation is 1. The molecule has 0 amide bonds. The molecular formula is C25H28BrNO3. The third-order valence-electron chi connectivity index (χ3n) is 4.71. The topological polar surface area (TPSA) is 39.7 Å². The summed E-state index contributed by atoms with van der Waals surface area (Å²) >= 11 is 3.66. The zero-order valence-electron chi connectivity index (χ0n) is 17.7. The highest BCUT2D eigenvalue weighted by molar-refractivity contribution is 9.10. The van der Waals surface area contributed by atoms with E-state index in [1.54, 1.807) is 7.11 Å². The van der Waals surface area contributed by atoms with Crippen LogP contribution in [-0.4, -0.2) is 13.7 Å². The van der Waals surface area contributed by atoms with Crippen LogP contribution in [0.15, 0.2) is 65.1 Å². The smallest absolute Gasteiger partial charge is 0.175 e. The van der Waals surface area contributed by atoms with Gasteiger partial charge in [0.15, 0.2) is 11.5 Å². The SMILES string of the molecule is CCOc1cc(CNCc2ccccc2OC)cc(Br)c1OCc1ccc(C)cc1. The predicted molar refractivity (Wildman–Crippen MR) is 124 cm³/mol. The van der Waals surface area contributed by atoms with Gasteiger partial charge in [0.1, 0.15) is 12.4 Å². The van der Waals surface area contributed by atoms with Crippen molar-refractivity contribution in [3.05, 3.63) is 87.4 Å². The minimum Gasteiger partial charge on any atom is -0.496 e. The van der Waals surface area contributed by atoms with Crippen LogP contribution in [0.5, 0.6) is 17.2 Å². The van der Waals surface area contributed by atoms with E-state index in [1.165, 1.54) is 5.56 Å². The highest BCUT2D eigenvalue weighted by Gasteiger charge is 2.13. The van der Waals surface area contributed by atoms with Gasteiger partial charge in [0.25, 0.3) is 0 Å². The molecule has 0 bridgehead atoms. The summed E-state index contributed by atoms with van der Waals surface area (Å²) in [5.41, 5.74) is 4.60. The fourth-order valence-electron chi connectivity index (χ4n) is 3.16. The maximum atomic E-state index is 6.10. The minimum atomic E-state index is 0.490. The molecule has 0 unspecified atom stereocenters. The Kier molecular flexibility index (Phi) is 8.17. The Balaban J connectivity index is 1.68. The van der Waals surface area contributed by atoms with Crippen molar-refractivity contribution in [2.75, 3.05) is 13.7 Å². The fraction of sp³-hybridized carbons (Fsp3) is 0.280. The second-order valence-corrected chi connectivity index (χ2v) is 7.88. The number of nitrogens with one attached hydrogen (secondary N) is 1. The molecule has 0 saturated heterocycles. The molecule has 30 heavy (non-hydrogen) atoms.